The van der Waals surface area contributed by atoms with Crippen LogP contribution in [-0.4, -0.2) is 41.6 Å². The third-order valence-corrected chi connectivity index (χ3v) is 7.26. The molecular weight excluding hydrogens is 312 g/mol. The minimum absolute atomic E-state index is 0.689. The van der Waals surface area contributed by atoms with Gasteiger partial charge in [0.15, 0.2) is 4.34 Å². The van der Waals surface area contributed by atoms with Gasteiger partial charge in [-0.05, 0) is 76.9 Å². The monoisotopic (exact) mass is 340 g/mol. The molecule has 0 unspecified atom stereocenters. The first-order valence-corrected chi connectivity index (χ1v) is 10.4. The first kappa shape index (κ1) is 16.7. The molecule has 22 heavy (non-hydrogen) atoms. The number of thioether (sulfide) groups is 1. The maximum absolute atomic E-state index is 4.16. The minimum Gasteiger partial charge on any atom is -0.317 e. The summed E-state index contributed by atoms with van der Waals surface area (Å²) in [5, 5.41) is 16.6. The maximum atomic E-state index is 4.16. The van der Waals surface area contributed by atoms with E-state index in [0.29, 0.717) is 5.41 Å². The van der Waals surface area contributed by atoms with E-state index in [1.165, 1.54) is 58.0 Å². The minimum atomic E-state index is 0.689. The average Bonchev–Trinajstić information content (AvgIpc) is 2.95. The van der Waals surface area contributed by atoms with Crippen molar-refractivity contribution in [2.75, 3.05) is 25.4 Å². The summed E-state index contributed by atoms with van der Waals surface area (Å²) in [6, 6.07) is 0.759. The molecule has 1 saturated carbocycles. The van der Waals surface area contributed by atoms with Gasteiger partial charge < -0.3 is 10.6 Å². The number of piperidine rings is 1. The average molecular weight is 341 g/mol. The van der Waals surface area contributed by atoms with Crippen LogP contribution in [0.15, 0.2) is 4.34 Å². The van der Waals surface area contributed by atoms with E-state index in [1.54, 1.807) is 11.3 Å². The van der Waals surface area contributed by atoms with E-state index in [4.69, 9.17) is 0 Å². The zero-order chi connectivity index (χ0) is 15.3. The zero-order valence-corrected chi connectivity index (χ0v) is 15.2. The standard InChI is InChI=1S/C16H28N4S2/c1-13-19-20-15(22-13)21-12-2-9-18-14-3-5-16(6-4-14)7-10-17-11-8-16/h14,17-18H,2-12H2,1H3. The summed E-state index contributed by atoms with van der Waals surface area (Å²) >= 11 is 3.54. The van der Waals surface area contributed by atoms with Crippen LogP contribution in [0.25, 0.3) is 0 Å². The van der Waals surface area contributed by atoms with E-state index < -0.39 is 0 Å². The molecule has 3 rings (SSSR count). The molecule has 2 fully saturated rings. The Kier molecular flexibility index (Phi) is 6.13. The van der Waals surface area contributed by atoms with Gasteiger partial charge in [-0.1, -0.05) is 23.1 Å². The van der Waals surface area contributed by atoms with Crippen LogP contribution in [0.1, 0.15) is 50.0 Å². The van der Waals surface area contributed by atoms with Crippen molar-refractivity contribution < 1.29 is 0 Å². The number of nitrogens with one attached hydrogen (secondary N) is 2. The van der Waals surface area contributed by atoms with Gasteiger partial charge in [0.05, 0.1) is 0 Å². The van der Waals surface area contributed by atoms with Gasteiger partial charge in [0.1, 0.15) is 5.01 Å². The number of hydrogen-bond acceptors (Lipinski definition) is 6. The lowest BCUT2D eigenvalue weighted by Gasteiger charge is -2.43. The molecule has 6 heteroatoms. The second kappa shape index (κ2) is 8.08. The molecule has 1 aliphatic heterocycles. The van der Waals surface area contributed by atoms with Crippen LogP contribution >= 0.6 is 23.1 Å². The Bertz CT molecular complexity index is 447. The van der Waals surface area contributed by atoms with Gasteiger partial charge in [-0.3, -0.25) is 0 Å². The fourth-order valence-electron chi connectivity index (χ4n) is 3.77. The Morgan fingerprint density at radius 1 is 1.23 bits per heavy atom. The van der Waals surface area contributed by atoms with Crippen LogP contribution in [0.2, 0.25) is 0 Å². The van der Waals surface area contributed by atoms with Gasteiger partial charge >= 0.3 is 0 Å². The second-order valence-corrected chi connectivity index (χ2v) is 9.29. The zero-order valence-electron chi connectivity index (χ0n) is 13.6. The van der Waals surface area contributed by atoms with Gasteiger partial charge in [0, 0.05) is 11.8 Å². The van der Waals surface area contributed by atoms with Crippen LogP contribution < -0.4 is 10.6 Å². The van der Waals surface area contributed by atoms with E-state index in [1.807, 2.05) is 18.7 Å². The predicted octanol–water partition coefficient (Wildman–Crippen LogP) is 3.23. The summed E-state index contributed by atoms with van der Waals surface area (Å²) < 4.78 is 1.11. The van der Waals surface area contributed by atoms with Crippen LogP contribution in [0, 0.1) is 12.3 Å². The molecule has 1 spiro atoms. The molecule has 0 aromatic carbocycles. The fourth-order valence-corrected chi connectivity index (χ4v) is 5.59. The lowest BCUT2D eigenvalue weighted by Crippen LogP contribution is -2.43. The Morgan fingerprint density at radius 2 is 2.00 bits per heavy atom. The SMILES string of the molecule is Cc1nnc(SCCCNC2CCC3(CCNCC3)CC2)s1. The maximum Gasteiger partial charge on any atom is 0.174 e. The number of nitrogens with zero attached hydrogens (tertiary/aromatic N) is 2. The van der Waals surface area contributed by atoms with Crippen molar-refractivity contribution in [1.29, 1.82) is 0 Å². The lowest BCUT2D eigenvalue weighted by atomic mass is 9.67. The van der Waals surface area contributed by atoms with Crippen LogP contribution in [0.3, 0.4) is 0 Å². The molecule has 0 radical (unpaired) electrons. The third kappa shape index (κ3) is 4.66. The second-order valence-electron chi connectivity index (χ2n) is 6.77. The van der Waals surface area contributed by atoms with Crippen LogP contribution in [-0.2, 0) is 0 Å². The van der Waals surface area contributed by atoms with E-state index in [0.717, 1.165) is 27.7 Å². The largest absolute Gasteiger partial charge is 0.317 e. The fraction of sp³-hybridized carbons (Fsp3) is 0.875. The topological polar surface area (TPSA) is 49.8 Å². The van der Waals surface area contributed by atoms with E-state index in [2.05, 4.69) is 20.8 Å². The smallest absolute Gasteiger partial charge is 0.174 e. The Morgan fingerprint density at radius 3 is 2.68 bits per heavy atom. The van der Waals surface area contributed by atoms with E-state index >= 15 is 0 Å². The summed E-state index contributed by atoms with van der Waals surface area (Å²) in [4.78, 5) is 0. The summed E-state index contributed by atoms with van der Waals surface area (Å²) in [5.74, 6) is 1.14. The number of hydrogen-bond donors (Lipinski definition) is 2. The molecule has 0 atom stereocenters. The van der Waals surface area contributed by atoms with Crippen molar-refractivity contribution in [1.82, 2.24) is 20.8 Å². The molecule has 0 amide bonds. The Hall–Kier alpha value is -0.170. The molecule has 4 nitrogen and oxygen atoms in total. The summed E-state index contributed by atoms with van der Waals surface area (Å²) in [7, 11) is 0. The van der Waals surface area contributed by atoms with E-state index in [9.17, 15) is 0 Å². The molecular formula is C16H28N4S2. The van der Waals surface area contributed by atoms with Crippen LogP contribution in [0.5, 0.6) is 0 Å². The molecule has 124 valence electrons. The highest BCUT2D eigenvalue weighted by molar-refractivity contribution is 8.01. The molecule has 2 aliphatic rings. The molecule has 1 aliphatic carbocycles. The number of aryl methyl sites for hydroxylation is 1. The first-order chi connectivity index (χ1) is 10.8. The van der Waals surface area contributed by atoms with Gasteiger partial charge in [-0.25, -0.2) is 0 Å². The molecule has 2 heterocycles. The molecule has 1 aromatic heterocycles. The number of aromatic nitrogens is 2. The third-order valence-electron chi connectivity index (χ3n) is 5.20. The van der Waals surface area contributed by atoms with Crippen molar-refractivity contribution >= 4 is 23.1 Å². The highest BCUT2D eigenvalue weighted by atomic mass is 32.2. The van der Waals surface area contributed by atoms with Crippen molar-refractivity contribution in [3.63, 3.8) is 0 Å². The first-order valence-electron chi connectivity index (χ1n) is 8.63. The number of rotatable bonds is 6. The van der Waals surface area contributed by atoms with Gasteiger partial charge in [-0.2, -0.15) is 0 Å². The summed E-state index contributed by atoms with van der Waals surface area (Å²) in [5.41, 5.74) is 0.689. The van der Waals surface area contributed by atoms with Crippen LogP contribution in [0.4, 0.5) is 0 Å². The Balaban J connectivity index is 1.27. The van der Waals surface area contributed by atoms with Crippen molar-refractivity contribution in [2.24, 2.45) is 5.41 Å². The van der Waals surface area contributed by atoms with Crippen molar-refractivity contribution in [3.8, 4) is 0 Å². The normalized spacial score (nSPS) is 22.2. The lowest BCUT2D eigenvalue weighted by molar-refractivity contribution is 0.116. The Labute approximate surface area is 142 Å². The molecule has 0 bridgehead atoms. The van der Waals surface area contributed by atoms with Gasteiger partial charge in [0.25, 0.3) is 0 Å². The highest BCUT2D eigenvalue weighted by Gasteiger charge is 2.35. The molecule has 2 N–H and O–H groups in total. The van der Waals surface area contributed by atoms with Gasteiger partial charge in [0.2, 0.25) is 0 Å². The quantitative estimate of drug-likeness (QED) is 0.615. The summed E-state index contributed by atoms with van der Waals surface area (Å²) in [6.45, 7) is 5.63. The highest BCUT2D eigenvalue weighted by Crippen LogP contribution is 2.43. The van der Waals surface area contributed by atoms with E-state index in [-0.39, 0.29) is 0 Å². The van der Waals surface area contributed by atoms with Crippen molar-refractivity contribution in [2.45, 2.75) is 62.3 Å². The summed E-state index contributed by atoms with van der Waals surface area (Å²) in [6.07, 6.45) is 9.64. The van der Waals surface area contributed by atoms with Crippen molar-refractivity contribution in [3.05, 3.63) is 5.01 Å². The molecule has 1 saturated heterocycles. The predicted molar refractivity (Wildman–Crippen MR) is 94.8 cm³/mol. The van der Waals surface area contributed by atoms with Gasteiger partial charge in [-0.15, -0.1) is 10.2 Å². The molecule has 1 aromatic rings.